The maximum Gasteiger partial charge on any atom is 0.274 e. The zero-order valence-corrected chi connectivity index (χ0v) is 15.3. The van der Waals surface area contributed by atoms with Crippen LogP contribution >= 0.6 is 0 Å². The fourth-order valence-electron chi connectivity index (χ4n) is 3.73. The number of imidazole rings is 1. The highest BCUT2D eigenvalue weighted by Gasteiger charge is 2.31. The molecule has 1 aromatic carbocycles. The number of aromatic nitrogens is 3. The SMILES string of the molecule is COc1ccc(Cc2nc([C@@H]3CCO[C@@H]3C)n3cc(C)[nH]c(=O)c23)cc1. The molecule has 1 saturated heterocycles. The Kier molecular flexibility index (Phi) is 4.28. The van der Waals surface area contributed by atoms with E-state index in [0.717, 1.165) is 41.6 Å². The number of methoxy groups -OCH3 is 1. The molecule has 0 spiro atoms. The standard InChI is InChI=1S/C20H23N3O3/c1-12-11-23-18(20(24)21-12)17(10-14-4-6-15(25-3)7-5-14)22-19(23)16-8-9-26-13(16)2/h4-7,11,13,16H,8-10H2,1-3H3,(H,21,24)/t13-,16-/m1/s1. The zero-order valence-electron chi connectivity index (χ0n) is 15.3. The first-order valence-electron chi connectivity index (χ1n) is 8.92. The average Bonchev–Trinajstić information content (AvgIpc) is 3.19. The minimum atomic E-state index is -0.0983. The summed E-state index contributed by atoms with van der Waals surface area (Å²) in [6.45, 7) is 4.70. The Hall–Kier alpha value is -2.60. The van der Waals surface area contributed by atoms with Crippen LogP contribution in [0, 0.1) is 6.92 Å². The van der Waals surface area contributed by atoms with Crippen molar-refractivity contribution in [3.05, 3.63) is 63.6 Å². The Morgan fingerprint density at radius 2 is 2.12 bits per heavy atom. The molecule has 1 N–H and O–H groups in total. The second kappa shape index (κ2) is 6.61. The number of hydrogen-bond acceptors (Lipinski definition) is 4. The number of H-pyrrole nitrogens is 1. The van der Waals surface area contributed by atoms with Crippen LogP contribution in [0.5, 0.6) is 5.75 Å². The number of hydrogen-bond donors (Lipinski definition) is 1. The highest BCUT2D eigenvalue weighted by molar-refractivity contribution is 5.54. The molecule has 0 amide bonds. The highest BCUT2D eigenvalue weighted by Crippen LogP contribution is 2.31. The molecule has 0 radical (unpaired) electrons. The molecule has 6 nitrogen and oxygen atoms in total. The first-order valence-corrected chi connectivity index (χ1v) is 8.92. The van der Waals surface area contributed by atoms with E-state index in [-0.39, 0.29) is 17.6 Å². The number of rotatable bonds is 4. The summed E-state index contributed by atoms with van der Waals surface area (Å²) >= 11 is 0. The quantitative estimate of drug-likeness (QED) is 0.783. The fraction of sp³-hybridized carbons (Fsp3) is 0.400. The molecular formula is C20H23N3O3. The minimum Gasteiger partial charge on any atom is -0.497 e. The van der Waals surface area contributed by atoms with Crippen LogP contribution in [0.4, 0.5) is 0 Å². The lowest BCUT2D eigenvalue weighted by Gasteiger charge is -2.12. The largest absolute Gasteiger partial charge is 0.497 e. The number of aryl methyl sites for hydroxylation is 1. The molecule has 26 heavy (non-hydrogen) atoms. The van der Waals surface area contributed by atoms with Gasteiger partial charge in [-0.2, -0.15) is 0 Å². The van der Waals surface area contributed by atoms with E-state index < -0.39 is 0 Å². The number of aromatic amines is 1. The zero-order chi connectivity index (χ0) is 18.3. The van der Waals surface area contributed by atoms with Gasteiger partial charge in [0.05, 0.1) is 18.9 Å². The summed E-state index contributed by atoms with van der Waals surface area (Å²) in [6, 6.07) is 7.87. The maximum absolute atomic E-state index is 12.7. The number of ether oxygens (including phenoxy) is 2. The molecule has 0 saturated carbocycles. The van der Waals surface area contributed by atoms with Crippen LogP contribution in [0.1, 0.15) is 42.0 Å². The third-order valence-electron chi connectivity index (χ3n) is 5.10. The number of nitrogens with zero attached hydrogens (tertiary/aromatic N) is 2. The molecule has 0 unspecified atom stereocenters. The van der Waals surface area contributed by atoms with E-state index in [0.29, 0.717) is 11.9 Å². The molecular weight excluding hydrogens is 330 g/mol. The van der Waals surface area contributed by atoms with Gasteiger partial charge in [-0.25, -0.2) is 4.98 Å². The molecule has 2 atom stereocenters. The number of benzene rings is 1. The third kappa shape index (κ3) is 2.90. The van der Waals surface area contributed by atoms with Gasteiger partial charge in [0, 0.05) is 30.8 Å². The fourth-order valence-corrected chi connectivity index (χ4v) is 3.73. The molecule has 6 heteroatoms. The van der Waals surface area contributed by atoms with E-state index in [1.807, 2.05) is 41.8 Å². The van der Waals surface area contributed by atoms with Crippen molar-refractivity contribution in [1.29, 1.82) is 0 Å². The summed E-state index contributed by atoms with van der Waals surface area (Å²) in [5.41, 5.74) is 3.24. The van der Waals surface area contributed by atoms with Gasteiger partial charge in [-0.05, 0) is 38.0 Å². The number of nitrogens with one attached hydrogen (secondary N) is 1. The maximum atomic E-state index is 12.7. The normalized spacial score (nSPS) is 20.0. The van der Waals surface area contributed by atoms with Crippen molar-refractivity contribution in [2.45, 2.75) is 38.7 Å². The molecule has 3 aromatic rings. The van der Waals surface area contributed by atoms with Crippen LogP contribution in [0.2, 0.25) is 0 Å². The summed E-state index contributed by atoms with van der Waals surface area (Å²) in [4.78, 5) is 20.5. The lowest BCUT2D eigenvalue weighted by molar-refractivity contribution is 0.117. The van der Waals surface area contributed by atoms with Crippen molar-refractivity contribution in [2.24, 2.45) is 0 Å². The van der Waals surface area contributed by atoms with Gasteiger partial charge in [0.15, 0.2) is 0 Å². The van der Waals surface area contributed by atoms with Crippen molar-refractivity contribution in [1.82, 2.24) is 14.4 Å². The van der Waals surface area contributed by atoms with Crippen LogP contribution in [-0.4, -0.2) is 34.2 Å². The predicted octanol–water partition coefficient (Wildman–Crippen LogP) is 2.82. The second-order valence-corrected chi connectivity index (χ2v) is 6.90. The van der Waals surface area contributed by atoms with Gasteiger partial charge in [0.2, 0.25) is 0 Å². The topological polar surface area (TPSA) is 68.6 Å². The van der Waals surface area contributed by atoms with Gasteiger partial charge in [-0.1, -0.05) is 12.1 Å². The Bertz CT molecular complexity index is 988. The summed E-state index contributed by atoms with van der Waals surface area (Å²) in [7, 11) is 1.65. The molecule has 1 aliphatic heterocycles. The summed E-state index contributed by atoms with van der Waals surface area (Å²) in [5, 5.41) is 0. The molecule has 1 fully saturated rings. The second-order valence-electron chi connectivity index (χ2n) is 6.90. The lowest BCUT2D eigenvalue weighted by atomic mass is 10.0. The average molecular weight is 353 g/mol. The van der Waals surface area contributed by atoms with E-state index >= 15 is 0 Å². The van der Waals surface area contributed by atoms with E-state index in [1.165, 1.54) is 0 Å². The Morgan fingerprint density at radius 3 is 2.77 bits per heavy atom. The van der Waals surface area contributed by atoms with E-state index in [2.05, 4.69) is 11.9 Å². The number of fused-ring (bicyclic) bond motifs is 1. The summed E-state index contributed by atoms with van der Waals surface area (Å²) < 4.78 is 12.9. The van der Waals surface area contributed by atoms with Gasteiger partial charge in [0.25, 0.3) is 5.56 Å². The lowest BCUT2D eigenvalue weighted by Crippen LogP contribution is -2.16. The first-order chi connectivity index (χ1) is 12.6. The van der Waals surface area contributed by atoms with Crippen molar-refractivity contribution in [3.8, 4) is 5.75 Å². The highest BCUT2D eigenvalue weighted by atomic mass is 16.5. The Morgan fingerprint density at radius 1 is 1.35 bits per heavy atom. The molecule has 4 rings (SSSR count). The Labute approximate surface area is 151 Å². The van der Waals surface area contributed by atoms with Crippen molar-refractivity contribution >= 4 is 5.52 Å². The van der Waals surface area contributed by atoms with Crippen LogP contribution in [-0.2, 0) is 11.2 Å². The van der Waals surface area contributed by atoms with Crippen LogP contribution < -0.4 is 10.3 Å². The van der Waals surface area contributed by atoms with E-state index in [9.17, 15) is 4.79 Å². The first kappa shape index (κ1) is 16.8. The molecule has 2 aromatic heterocycles. The molecule has 3 heterocycles. The van der Waals surface area contributed by atoms with E-state index in [1.54, 1.807) is 7.11 Å². The monoisotopic (exact) mass is 353 g/mol. The van der Waals surface area contributed by atoms with Crippen LogP contribution in [0.15, 0.2) is 35.3 Å². The van der Waals surface area contributed by atoms with E-state index in [4.69, 9.17) is 14.5 Å². The van der Waals surface area contributed by atoms with Gasteiger partial charge in [0.1, 0.15) is 17.1 Å². The van der Waals surface area contributed by atoms with Crippen LogP contribution in [0.3, 0.4) is 0 Å². The predicted molar refractivity (Wildman–Crippen MR) is 99.1 cm³/mol. The molecule has 1 aliphatic rings. The van der Waals surface area contributed by atoms with Gasteiger partial charge in [-0.15, -0.1) is 0 Å². The van der Waals surface area contributed by atoms with Gasteiger partial charge >= 0.3 is 0 Å². The Balaban J connectivity index is 1.82. The summed E-state index contributed by atoms with van der Waals surface area (Å²) in [5.74, 6) is 1.94. The minimum absolute atomic E-state index is 0.0983. The summed E-state index contributed by atoms with van der Waals surface area (Å²) in [6.07, 6.45) is 3.59. The van der Waals surface area contributed by atoms with Gasteiger partial charge in [-0.3, -0.25) is 9.20 Å². The van der Waals surface area contributed by atoms with Crippen molar-refractivity contribution < 1.29 is 9.47 Å². The molecule has 0 bridgehead atoms. The third-order valence-corrected chi connectivity index (χ3v) is 5.10. The van der Waals surface area contributed by atoms with Gasteiger partial charge < -0.3 is 14.5 Å². The van der Waals surface area contributed by atoms with Crippen LogP contribution in [0.25, 0.3) is 5.52 Å². The van der Waals surface area contributed by atoms with Crippen molar-refractivity contribution in [2.75, 3.05) is 13.7 Å². The smallest absolute Gasteiger partial charge is 0.274 e. The van der Waals surface area contributed by atoms with Crippen molar-refractivity contribution in [3.63, 3.8) is 0 Å². The molecule has 136 valence electrons. The molecule has 0 aliphatic carbocycles.